The van der Waals surface area contributed by atoms with Crippen LogP contribution in [0.15, 0.2) is 199 Å². The summed E-state index contributed by atoms with van der Waals surface area (Å²) in [6, 6.07) is 65.7. The maximum absolute atomic E-state index is 6.29. The van der Waals surface area contributed by atoms with Crippen LogP contribution in [0.1, 0.15) is 22.3 Å². The molecular weight excluding hydrogens is 749 g/mol. The van der Waals surface area contributed by atoms with Crippen LogP contribution >= 0.6 is 0 Å². The van der Waals surface area contributed by atoms with Gasteiger partial charge in [-0.1, -0.05) is 158 Å². The minimum absolute atomic E-state index is 0.337. The van der Waals surface area contributed by atoms with Gasteiger partial charge in [0.15, 0.2) is 17.2 Å². The molecular formula is C54H32N6O. The molecule has 11 aromatic rings. The van der Waals surface area contributed by atoms with Gasteiger partial charge in [-0.3, -0.25) is 4.40 Å². The van der Waals surface area contributed by atoms with Gasteiger partial charge < -0.3 is 4.42 Å². The van der Waals surface area contributed by atoms with Gasteiger partial charge in [0.1, 0.15) is 11.2 Å². The molecule has 0 fully saturated rings. The van der Waals surface area contributed by atoms with Gasteiger partial charge in [-0.15, -0.1) is 0 Å². The second-order valence-corrected chi connectivity index (χ2v) is 15.6. The number of hydrogen-bond donors (Lipinski definition) is 0. The van der Waals surface area contributed by atoms with Gasteiger partial charge in [-0.25, -0.2) is 24.9 Å². The number of aromatic nitrogens is 6. The summed E-state index contributed by atoms with van der Waals surface area (Å²) in [4.78, 5) is 25.3. The molecule has 2 aliphatic rings. The monoisotopic (exact) mass is 780 g/mol. The molecule has 7 heteroatoms. The SMILES string of the molecule is c1ccc(-c2c(-c3ccc(-c4nc(-c5ccc6c(c5)C5(c7ccccc7-c7ccccc75)c5ccccc5-6)nc(-c5nc6ccccc6o5)n4)cc3)nc3ccccn23)cc1. The van der Waals surface area contributed by atoms with Crippen molar-refractivity contribution in [2.45, 2.75) is 5.41 Å². The smallest absolute Gasteiger partial charge is 0.266 e. The molecule has 0 bridgehead atoms. The minimum Gasteiger partial charge on any atom is -0.434 e. The molecule has 284 valence electrons. The highest BCUT2D eigenvalue weighted by molar-refractivity contribution is 5.96. The summed E-state index contributed by atoms with van der Waals surface area (Å²) < 4.78 is 8.44. The molecule has 0 radical (unpaired) electrons. The Labute approximate surface area is 350 Å². The van der Waals surface area contributed by atoms with Crippen molar-refractivity contribution in [1.29, 1.82) is 0 Å². The molecule has 0 N–H and O–H groups in total. The molecule has 61 heavy (non-hydrogen) atoms. The highest BCUT2D eigenvalue weighted by Gasteiger charge is 2.51. The predicted molar refractivity (Wildman–Crippen MR) is 240 cm³/mol. The van der Waals surface area contributed by atoms with E-state index in [1.165, 1.54) is 44.5 Å². The van der Waals surface area contributed by atoms with Crippen molar-refractivity contribution in [3.05, 3.63) is 217 Å². The van der Waals surface area contributed by atoms with Crippen molar-refractivity contribution in [2.75, 3.05) is 0 Å². The minimum atomic E-state index is -0.500. The Morgan fingerprint density at radius 1 is 0.393 bits per heavy atom. The largest absolute Gasteiger partial charge is 0.434 e. The lowest BCUT2D eigenvalue weighted by molar-refractivity contribution is 0.612. The van der Waals surface area contributed by atoms with Crippen LogP contribution in [-0.4, -0.2) is 29.3 Å². The molecule has 13 rings (SSSR count). The zero-order valence-electron chi connectivity index (χ0n) is 32.6. The van der Waals surface area contributed by atoms with Gasteiger partial charge in [0.25, 0.3) is 5.89 Å². The molecule has 0 atom stereocenters. The van der Waals surface area contributed by atoms with E-state index in [1.54, 1.807) is 0 Å². The maximum atomic E-state index is 6.29. The zero-order valence-corrected chi connectivity index (χ0v) is 32.6. The molecule has 4 heterocycles. The first-order chi connectivity index (χ1) is 30.2. The number of benzene rings is 7. The van der Waals surface area contributed by atoms with Crippen LogP contribution in [0.4, 0.5) is 0 Å². The van der Waals surface area contributed by atoms with E-state index in [-0.39, 0.29) is 0 Å². The Hall–Kier alpha value is -8.29. The average Bonchev–Trinajstić information content (AvgIpc) is 4.09. The lowest BCUT2D eigenvalue weighted by Gasteiger charge is -2.30. The fourth-order valence-corrected chi connectivity index (χ4v) is 9.78. The first kappa shape index (κ1) is 33.7. The molecule has 0 amide bonds. The number of para-hydroxylation sites is 2. The molecule has 7 aromatic carbocycles. The molecule has 0 aliphatic heterocycles. The summed E-state index contributed by atoms with van der Waals surface area (Å²) >= 11 is 0. The highest BCUT2D eigenvalue weighted by Crippen LogP contribution is 2.63. The molecule has 4 aromatic heterocycles. The number of imidazole rings is 1. The van der Waals surface area contributed by atoms with E-state index in [0.717, 1.165) is 44.8 Å². The van der Waals surface area contributed by atoms with Gasteiger partial charge >= 0.3 is 0 Å². The van der Waals surface area contributed by atoms with Crippen LogP contribution in [0.5, 0.6) is 0 Å². The fraction of sp³-hybridized carbons (Fsp3) is 0.0185. The van der Waals surface area contributed by atoms with Crippen LogP contribution in [-0.2, 0) is 5.41 Å². The third-order valence-electron chi connectivity index (χ3n) is 12.4. The van der Waals surface area contributed by atoms with E-state index < -0.39 is 5.41 Å². The van der Waals surface area contributed by atoms with E-state index in [0.29, 0.717) is 28.9 Å². The van der Waals surface area contributed by atoms with E-state index in [2.05, 4.69) is 150 Å². The summed E-state index contributed by atoms with van der Waals surface area (Å²) in [7, 11) is 0. The number of oxazole rings is 1. The van der Waals surface area contributed by atoms with Crippen molar-refractivity contribution in [1.82, 2.24) is 29.3 Å². The van der Waals surface area contributed by atoms with Crippen LogP contribution in [0.3, 0.4) is 0 Å². The molecule has 7 nitrogen and oxygen atoms in total. The van der Waals surface area contributed by atoms with Crippen LogP contribution in [0, 0.1) is 0 Å². The van der Waals surface area contributed by atoms with E-state index in [1.807, 2.05) is 48.5 Å². The maximum Gasteiger partial charge on any atom is 0.266 e. The van der Waals surface area contributed by atoms with E-state index in [9.17, 15) is 0 Å². The quantitative estimate of drug-likeness (QED) is 0.173. The lowest BCUT2D eigenvalue weighted by Crippen LogP contribution is -2.25. The summed E-state index contributed by atoms with van der Waals surface area (Å²) in [5, 5.41) is 0. The molecule has 0 unspecified atom stereocenters. The van der Waals surface area contributed by atoms with Crippen LogP contribution < -0.4 is 0 Å². The Bertz CT molecular complexity index is 3450. The number of nitrogens with zero attached hydrogens (tertiary/aromatic N) is 6. The van der Waals surface area contributed by atoms with Gasteiger partial charge in [-0.05, 0) is 74.8 Å². The van der Waals surface area contributed by atoms with Gasteiger partial charge in [-0.2, -0.15) is 0 Å². The predicted octanol–water partition coefficient (Wildman–Crippen LogP) is 12.3. The van der Waals surface area contributed by atoms with Crippen LogP contribution in [0.25, 0.3) is 96.0 Å². The number of pyridine rings is 1. The summed E-state index contributed by atoms with van der Waals surface area (Å²) in [6.07, 6.45) is 2.06. The Morgan fingerprint density at radius 2 is 0.951 bits per heavy atom. The topological polar surface area (TPSA) is 82.0 Å². The van der Waals surface area contributed by atoms with E-state index >= 15 is 0 Å². The Balaban J connectivity index is 0.991. The molecule has 0 saturated heterocycles. The Kier molecular flexibility index (Phi) is 7.09. The zero-order chi connectivity index (χ0) is 40.1. The third-order valence-corrected chi connectivity index (χ3v) is 12.4. The van der Waals surface area contributed by atoms with Crippen LogP contribution in [0.2, 0.25) is 0 Å². The summed E-state index contributed by atoms with van der Waals surface area (Å²) in [6.45, 7) is 0. The standard InChI is InChI=1S/C54H32N6O/c1-2-14-34(15-3-1)49-48(56-47-24-12-13-31-60(47)49)33-25-27-35(28-26-33)50-57-51(59-52(58-50)53-55-45-22-10-11-23-46(45)61-53)36-29-30-40-39-18-6-9-21-43(39)54(44(40)32-36)41-19-7-4-16-37(41)38-17-5-8-20-42(38)54/h1-32H. The first-order valence-electron chi connectivity index (χ1n) is 20.4. The van der Waals surface area contributed by atoms with Gasteiger partial charge in [0.05, 0.1) is 16.8 Å². The Morgan fingerprint density at radius 3 is 1.66 bits per heavy atom. The second-order valence-electron chi connectivity index (χ2n) is 15.6. The normalized spacial score (nSPS) is 13.0. The third kappa shape index (κ3) is 4.89. The summed E-state index contributed by atoms with van der Waals surface area (Å²) in [5.41, 5.74) is 17.5. The van der Waals surface area contributed by atoms with Crippen molar-refractivity contribution in [2.24, 2.45) is 0 Å². The van der Waals surface area contributed by atoms with Gasteiger partial charge in [0.2, 0.25) is 5.82 Å². The van der Waals surface area contributed by atoms with E-state index in [4.69, 9.17) is 29.3 Å². The van der Waals surface area contributed by atoms with Crippen molar-refractivity contribution in [3.8, 4) is 79.3 Å². The molecule has 2 aliphatic carbocycles. The van der Waals surface area contributed by atoms with Crippen molar-refractivity contribution in [3.63, 3.8) is 0 Å². The number of hydrogen-bond acceptors (Lipinski definition) is 6. The van der Waals surface area contributed by atoms with Gasteiger partial charge in [0, 0.05) is 28.5 Å². The summed E-state index contributed by atoms with van der Waals surface area (Å²) in [5.74, 6) is 1.75. The fourth-order valence-electron chi connectivity index (χ4n) is 9.78. The van der Waals surface area contributed by atoms with Crippen molar-refractivity contribution >= 4 is 16.7 Å². The molecule has 0 saturated carbocycles. The first-order valence-corrected chi connectivity index (χ1v) is 20.4. The second kappa shape index (κ2) is 12.9. The number of rotatable bonds is 5. The average molecular weight is 781 g/mol. The number of fused-ring (bicyclic) bond motifs is 12. The lowest BCUT2D eigenvalue weighted by atomic mass is 9.70. The molecule has 1 spiro atoms. The highest BCUT2D eigenvalue weighted by atomic mass is 16.3. The van der Waals surface area contributed by atoms with Crippen molar-refractivity contribution < 1.29 is 4.42 Å².